The second kappa shape index (κ2) is 10.7. The molecule has 2 aromatic rings. The fraction of sp³-hybridized carbons (Fsp3) is 0.391. The van der Waals surface area contributed by atoms with Gasteiger partial charge in [0.05, 0.1) is 39.7 Å². The van der Waals surface area contributed by atoms with Crippen LogP contribution in [-0.2, 0) is 39.6 Å². The van der Waals surface area contributed by atoms with Gasteiger partial charge in [0.1, 0.15) is 5.76 Å². The lowest BCUT2D eigenvalue weighted by molar-refractivity contribution is -0.153. The maximum absolute atomic E-state index is 13.9. The van der Waals surface area contributed by atoms with Gasteiger partial charge in [0, 0.05) is 32.5 Å². The molecule has 14 heteroatoms. The van der Waals surface area contributed by atoms with E-state index in [1.54, 1.807) is 6.07 Å². The number of hydrogen-bond acceptors (Lipinski definition) is 10. The van der Waals surface area contributed by atoms with Gasteiger partial charge in [-0.2, -0.15) is 5.10 Å². The molecule has 1 heterocycles. The third-order valence-electron chi connectivity index (χ3n) is 6.05. The van der Waals surface area contributed by atoms with Crippen LogP contribution in [0.2, 0.25) is 0 Å². The van der Waals surface area contributed by atoms with Crippen molar-refractivity contribution in [3.05, 3.63) is 59.3 Å². The molecule has 1 aliphatic rings. The molecular formula is C23H29N3O10S. The minimum absolute atomic E-state index is 0.0115. The van der Waals surface area contributed by atoms with Crippen LogP contribution in [0.1, 0.15) is 17.7 Å². The molecule has 1 aromatic heterocycles. The van der Waals surface area contributed by atoms with Crippen LogP contribution in [0.5, 0.6) is 17.2 Å². The van der Waals surface area contributed by atoms with Crippen LogP contribution in [-0.4, -0.2) is 72.3 Å². The van der Waals surface area contributed by atoms with Gasteiger partial charge >= 0.3 is 10.9 Å². The average Bonchev–Trinajstić information content (AvgIpc) is 3.43. The van der Waals surface area contributed by atoms with Crippen molar-refractivity contribution in [2.45, 2.75) is 17.0 Å². The molecule has 37 heavy (non-hydrogen) atoms. The standard InChI is InChI=1S/C23H29N3O10S/c1-31-16-9-8-15(19(33-3)20(16)34-4)23(36-6,21(27)28)37(29,30)26-14-7-10-18(32-2)22(13-14,35-5)17-11-12-24-25-17/h7-12,26H,13H2,1-6H3,(H,24,25)(H,27,28). The van der Waals surface area contributed by atoms with E-state index in [-0.39, 0.29) is 34.9 Å². The number of hydrogen-bond donors (Lipinski definition) is 3. The van der Waals surface area contributed by atoms with Crippen LogP contribution in [0.3, 0.4) is 0 Å². The van der Waals surface area contributed by atoms with Gasteiger partial charge in [-0.15, -0.1) is 0 Å². The lowest BCUT2D eigenvalue weighted by Crippen LogP contribution is -2.51. The SMILES string of the molecule is COC1=CC=C(NS(=O)(=O)C(OC)(C(=O)O)c2ccc(OC)c(OC)c2OC)CC1(OC)c1ccn[nH]1. The number of ether oxygens (including phenoxy) is 6. The highest BCUT2D eigenvalue weighted by Crippen LogP contribution is 2.47. The monoisotopic (exact) mass is 539 g/mol. The second-order valence-electron chi connectivity index (χ2n) is 7.72. The van der Waals surface area contributed by atoms with Gasteiger partial charge in [-0.1, -0.05) is 0 Å². The van der Waals surface area contributed by atoms with E-state index in [4.69, 9.17) is 28.4 Å². The van der Waals surface area contributed by atoms with E-state index in [0.717, 1.165) is 7.11 Å². The molecule has 0 saturated carbocycles. The summed E-state index contributed by atoms with van der Waals surface area (Å²) in [5, 5.41) is 17.0. The Kier molecular flexibility index (Phi) is 8.05. The third-order valence-corrected chi connectivity index (χ3v) is 7.90. The van der Waals surface area contributed by atoms with Crippen molar-refractivity contribution < 1.29 is 46.7 Å². The van der Waals surface area contributed by atoms with E-state index in [9.17, 15) is 18.3 Å². The smallest absolute Gasteiger partial charge is 0.359 e. The molecule has 1 aromatic carbocycles. The van der Waals surface area contributed by atoms with E-state index in [1.807, 2.05) is 0 Å². The van der Waals surface area contributed by atoms with Crippen LogP contribution in [0, 0.1) is 0 Å². The zero-order valence-electron chi connectivity index (χ0n) is 21.1. The summed E-state index contributed by atoms with van der Waals surface area (Å²) >= 11 is 0. The Bertz CT molecular complexity index is 1310. The van der Waals surface area contributed by atoms with Crippen molar-refractivity contribution in [3.8, 4) is 17.2 Å². The molecule has 3 N–H and O–H groups in total. The molecule has 0 radical (unpaired) electrons. The maximum Gasteiger partial charge on any atom is 0.359 e. The van der Waals surface area contributed by atoms with Gasteiger partial charge in [-0.3, -0.25) is 9.82 Å². The quantitative estimate of drug-likeness (QED) is 0.358. The van der Waals surface area contributed by atoms with Gasteiger partial charge in [0.25, 0.3) is 10.0 Å². The lowest BCUT2D eigenvalue weighted by Gasteiger charge is -2.37. The van der Waals surface area contributed by atoms with Crippen molar-refractivity contribution in [2.75, 3.05) is 42.7 Å². The highest BCUT2D eigenvalue weighted by molar-refractivity contribution is 7.91. The number of benzene rings is 1. The number of methoxy groups -OCH3 is 6. The summed E-state index contributed by atoms with van der Waals surface area (Å²) in [6.45, 7) is 0. The second-order valence-corrected chi connectivity index (χ2v) is 9.50. The summed E-state index contributed by atoms with van der Waals surface area (Å²) in [5.74, 6) is -1.45. The zero-order valence-corrected chi connectivity index (χ0v) is 22.0. The third kappa shape index (κ3) is 4.36. The summed E-state index contributed by atoms with van der Waals surface area (Å²) in [4.78, 5) is 9.72. The summed E-state index contributed by atoms with van der Waals surface area (Å²) in [6, 6.07) is 4.23. The van der Waals surface area contributed by atoms with Crippen LogP contribution in [0.25, 0.3) is 0 Å². The van der Waals surface area contributed by atoms with Crippen LogP contribution in [0.4, 0.5) is 0 Å². The number of carboxylic acid groups (broad SMARTS) is 1. The first-order valence-electron chi connectivity index (χ1n) is 10.7. The molecule has 2 unspecified atom stereocenters. The van der Waals surface area contributed by atoms with Gasteiger partial charge in [-0.25, -0.2) is 13.2 Å². The van der Waals surface area contributed by atoms with Crippen molar-refractivity contribution >= 4 is 16.0 Å². The summed E-state index contributed by atoms with van der Waals surface area (Å²) in [5.41, 5.74) is -1.02. The largest absolute Gasteiger partial charge is 0.498 e. The molecule has 0 fully saturated rings. The van der Waals surface area contributed by atoms with Gasteiger partial charge < -0.3 is 33.5 Å². The molecule has 0 spiro atoms. The molecule has 0 bridgehead atoms. The summed E-state index contributed by atoms with van der Waals surface area (Å²) < 4.78 is 62.5. The zero-order chi connectivity index (χ0) is 27.4. The Labute approximate surface area is 214 Å². The Morgan fingerprint density at radius 3 is 2.22 bits per heavy atom. The minimum atomic E-state index is -4.88. The Balaban J connectivity index is 2.16. The van der Waals surface area contributed by atoms with Crippen LogP contribution >= 0.6 is 0 Å². The number of carboxylic acids is 1. The van der Waals surface area contributed by atoms with Gasteiger partial charge in [-0.05, 0) is 30.4 Å². The number of aromatic amines is 1. The molecule has 0 amide bonds. The number of nitrogens with one attached hydrogen (secondary N) is 2. The first kappa shape index (κ1) is 27.8. The first-order valence-corrected chi connectivity index (χ1v) is 12.2. The first-order chi connectivity index (χ1) is 17.6. The maximum atomic E-state index is 13.9. The van der Waals surface area contributed by atoms with E-state index in [1.165, 1.54) is 66.0 Å². The molecule has 202 valence electrons. The van der Waals surface area contributed by atoms with E-state index < -0.39 is 26.5 Å². The molecule has 3 rings (SSSR count). The van der Waals surface area contributed by atoms with Crippen molar-refractivity contribution in [1.82, 2.24) is 14.9 Å². The number of H-pyrrole nitrogens is 1. The topological polar surface area (TPSA) is 168 Å². The molecule has 1 aliphatic carbocycles. The van der Waals surface area contributed by atoms with Crippen molar-refractivity contribution in [1.29, 1.82) is 0 Å². The van der Waals surface area contributed by atoms with Gasteiger partial charge in [0.15, 0.2) is 17.1 Å². The summed E-state index contributed by atoms with van der Waals surface area (Å²) in [7, 11) is 2.87. The molecular weight excluding hydrogens is 510 g/mol. The highest BCUT2D eigenvalue weighted by Gasteiger charge is 2.57. The molecule has 2 atom stereocenters. The molecule has 0 saturated heterocycles. The van der Waals surface area contributed by atoms with E-state index in [2.05, 4.69) is 14.9 Å². The number of carbonyl (C=O) groups is 1. The van der Waals surface area contributed by atoms with E-state index >= 15 is 0 Å². The fourth-order valence-electron chi connectivity index (χ4n) is 4.31. The number of sulfonamides is 1. The molecule has 0 aliphatic heterocycles. The highest BCUT2D eigenvalue weighted by atomic mass is 32.2. The van der Waals surface area contributed by atoms with Crippen molar-refractivity contribution in [3.63, 3.8) is 0 Å². The number of aliphatic carboxylic acids is 1. The summed E-state index contributed by atoms with van der Waals surface area (Å²) in [6.07, 6.45) is 4.39. The number of rotatable bonds is 12. The Hall–Kier alpha value is -3.75. The number of nitrogens with zero attached hydrogens (tertiary/aromatic N) is 1. The molecule has 13 nitrogen and oxygen atoms in total. The number of allylic oxidation sites excluding steroid dienone is 2. The van der Waals surface area contributed by atoms with Gasteiger partial charge in [0.2, 0.25) is 5.75 Å². The number of aromatic nitrogens is 2. The predicted molar refractivity (Wildman–Crippen MR) is 130 cm³/mol. The average molecular weight is 540 g/mol. The normalized spacial score (nSPS) is 19.2. The Morgan fingerprint density at radius 2 is 1.73 bits per heavy atom. The minimum Gasteiger partial charge on any atom is -0.498 e. The van der Waals surface area contributed by atoms with E-state index in [0.29, 0.717) is 11.5 Å². The fourth-order valence-corrected chi connectivity index (χ4v) is 5.84. The Morgan fingerprint density at radius 1 is 1.03 bits per heavy atom. The van der Waals surface area contributed by atoms with Crippen LogP contribution in [0.15, 0.2) is 48.0 Å². The van der Waals surface area contributed by atoms with Crippen LogP contribution < -0.4 is 18.9 Å². The predicted octanol–water partition coefficient (Wildman–Crippen LogP) is 1.60. The lowest BCUT2D eigenvalue weighted by atomic mass is 9.87. The van der Waals surface area contributed by atoms with Crippen molar-refractivity contribution in [2.24, 2.45) is 0 Å².